The maximum Gasteiger partial charge on any atom is 0.145 e. The highest BCUT2D eigenvalue weighted by atomic mass is 16.5. The van der Waals surface area contributed by atoms with Gasteiger partial charge < -0.3 is 10.5 Å². The minimum absolute atomic E-state index is 0.272. The van der Waals surface area contributed by atoms with E-state index in [1.54, 1.807) is 7.11 Å². The summed E-state index contributed by atoms with van der Waals surface area (Å²) in [6.45, 7) is 5.14. The molecule has 2 aromatic rings. The molecule has 1 aromatic carbocycles. The van der Waals surface area contributed by atoms with Gasteiger partial charge in [0.15, 0.2) is 0 Å². The van der Waals surface area contributed by atoms with Crippen LogP contribution in [0.1, 0.15) is 19.0 Å². The first-order chi connectivity index (χ1) is 10.2. The molecule has 1 aromatic heterocycles. The maximum atomic E-state index is 6.18. The van der Waals surface area contributed by atoms with Gasteiger partial charge in [-0.25, -0.2) is 4.98 Å². The lowest BCUT2D eigenvalue weighted by Gasteiger charge is -2.34. The Morgan fingerprint density at radius 2 is 2.19 bits per heavy atom. The molecule has 4 heteroatoms. The first-order valence-electron chi connectivity index (χ1n) is 7.58. The van der Waals surface area contributed by atoms with Crippen LogP contribution in [0.2, 0.25) is 0 Å². The zero-order chi connectivity index (χ0) is 14.8. The fourth-order valence-electron chi connectivity index (χ4n) is 2.96. The quantitative estimate of drug-likeness (QED) is 0.941. The maximum absolute atomic E-state index is 6.18. The zero-order valence-corrected chi connectivity index (χ0v) is 12.7. The predicted octanol–water partition coefficient (Wildman–Crippen LogP) is 2.41. The van der Waals surface area contributed by atoms with E-state index in [0.29, 0.717) is 5.92 Å². The molecule has 0 aliphatic carbocycles. The van der Waals surface area contributed by atoms with Crippen LogP contribution in [0.5, 0.6) is 5.75 Å². The van der Waals surface area contributed by atoms with Gasteiger partial charge in [-0.1, -0.05) is 25.1 Å². The molecule has 112 valence electrons. The molecule has 21 heavy (non-hydrogen) atoms. The Hall–Kier alpha value is -1.65. The van der Waals surface area contributed by atoms with E-state index in [4.69, 9.17) is 15.5 Å². The highest BCUT2D eigenvalue weighted by molar-refractivity contribution is 5.84. The molecule has 0 radical (unpaired) electrons. The van der Waals surface area contributed by atoms with Crippen molar-refractivity contribution < 1.29 is 4.74 Å². The van der Waals surface area contributed by atoms with Crippen LogP contribution >= 0.6 is 0 Å². The molecule has 0 spiro atoms. The lowest BCUT2D eigenvalue weighted by atomic mass is 9.94. The lowest BCUT2D eigenvalue weighted by Crippen LogP contribution is -2.47. The van der Waals surface area contributed by atoms with E-state index >= 15 is 0 Å². The summed E-state index contributed by atoms with van der Waals surface area (Å²) in [5, 5.41) is 1.11. The van der Waals surface area contributed by atoms with Crippen LogP contribution in [0, 0.1) is 5.92 Å². The smallest absolute Gasteiger partial charge is 0.145 e. The van der Waals surface area contributed by atoms with Crippen molar-refractivity contribution in [1.82, 2.24) is 9.88 Å². The van der Waals surface area contributed by atoms with Crippen molar-refractivity contribution in [2.75, 3.05) is 20.2 Å². The fourth-order valence-corrected chi connectivity index (χ4v) is 2.96. The second-order valence-corrected chi connectivity index (χ2v) is 6.00. The summed E-state index contributed by atoms with van der Waals surface area (Å²) in [5.74, 6) is 1.45. The predicted molar refractivity (Wildman–Crippen MR) is 85.3 cm³/mol. The lowest BCUT2D eigenvalue weighted by molar-refractivity contribution is 0.161. The highest BCUT2D eigenvalue weighted by Crippen LogP contribution is 2.24. The van der Waals surface area contributed by atoms with E-state index in [2.05, 4.69) is 30.0 Å². The van der Waals surface area contributed by atoms with Gasteiger partial charge in [0.25, 0.3) is 0 Å². The van der Waals surface area contributed by atoms with Gasteiger partial charge in [0.05, 0.1) is 12.8 Å². The molecule has 1 aliphatic heterocycles. The van der Waals surface area contributed by atoms with Gasteiger partial charge in [-0.05, 0) is 31.0 Å². The Bertz CT molecular complexity index is 628. The summed E-state index contributed by atoms with van der Waals surface area (Å²) in [6.07, 6.45) is 1.16. The molecule has 0 amide bonds. The Labute approximate surface area is 125 Å². The first kappa shape index (κ1) is 14.3. The summed E-state index contributed by atoms with van der Waals surface area (Å²) < 4.78 is 5.41. The molecule has 0 bridgehead atoms. The van der Waals surface area contributed by atoms with Crippen LogP contribution in [-0.2, 0) is 6.54 Å². The third-order valence-electron chi connectivity index (χ3n) is 4.45. The Morgan fingerprint density at radius 3 is 2.95 bits per heavy atom. The summed E-state index contributed by atoms with van der Waals surface area (Å²) in [6, 6.07) is 10.5. The number of pyridine rings is 1. The fraction of sp³-hybridized carbons (Fsp3) is 0.471. The number of methoxy groups -OCH3 is 1. The molecule has 0 saturated carbocycles. The minimum Gasteiger partial charge on any atom is -0.494 e. The van der Waals surface area contributed by atoms with Gasteiger partial charge in [-0.3, -0.25) is 4.90 Å². The van der Waals surface area contributed by atoms with Crippen molar-refractivity contribution >= 4 is 10.9 Å². The Balaban J connectivity index is 1.81. The topological polar surface area (TPSA) is 51.4 Å². The number of likely N-dealkylation sites (tertiary alicyclic amines) is 1. The number of aromatic nitrogens is 1. The van der Waals surface area contributed by atoms with Gasteiger partial charge in [-0.15, -0.1) is 0 Å². The van der Waals surface area contributed by atoms with Crippen LogP contribution in [0.25, 0.3) is 10.9 Å². The second-order valence-electron chi connectivity index (χ2n) is 6.00. The van der Waals surface area contributed by atoms with Crippen molar-refractivity contribution in [3.05, 3.63) is 36.0 Å². The molecular formula is C17H23N3O. The number of benzene rings is 1. The van der Waals surface area contributed by atoms with Gasteiger partial charge in [0.2, 0.25) is 0 Å². The number of hydrogen-bond acceptors (Lipinski definition) is 4. The third-order valence-corrected chi connectivity index (χ3v) is 4.45. The number of ether oxygens (including phenoxy) is 1. The minimum atomic E-state index is 0.272. The van der Waals surface area contributed by atoms with Gasteiger partial charge in [-0.2, -0.15) is 0 Å². The van der Waals surface area contributed by atoms with E-state index in [9.17, 15) is 0 Å². The van der Waals surface area contributed by atoms with Crippen molar-refractivity contribution in [3.63, 3.8) is 0 Å². The molecule has 2 unspecified atom stereocenters. The van der Waals surface area contributed by atoms with Crippen LogP contribution in [0.4, 0.5) is 0 Å². The van der Waals surface area contributed by atoms with Crippen LogP contribution in [0.3, 0.4) is 0 Å². The van der Waals surface area contributed by atoms with Gasteiger partial charge in [0.1, 0.15) is 11.3 Å². The molecule has 1 aliphatic rings. The van der Waals surface area contributed by atoms with E-state index in [1.807, 2.05) is 12.1 Å². The summed E-state index contributed by atoms with van der Waals surface area (Å²) in [5.41, 5.74) is 8.19. The van der Waals surface area contributed by atoms with Gasteiger partial charge >= 0.3 is 0 Å². The van der Waals surface area contributed by atoms with E-state index in [0.717, 1.165) is 48.4 Å². The zero-order valence-electron chi connectivity index (χ0n) is 12.7. The number of fused-ring (bicyclic) bond motifs is 1. The normalized spacial score (nSPS) is 23.4. The average Bonchev–Trinajstić information content (AvgIpc) is 2.50. The molecule has 2 N–H and O–H groups in total. The third kappa shape index (κ3) is 3.01. The van der Waals surface area contributed by atoms with Crippen molar-refractivity contribution in [3.8, 4) is 5.75 Å². The van der Waals surface area contributed by atoms with Crippen LogP contribution < -0.4 is 10.5 Å². The van der Waals surface area contributed by atoms with E-state index < -0.39 is 0 Å². The average molecular weight is 285 g/mol. The summed E-state index contributed by atoms with van der Waals surface area (Å²) >= 11 is 0. The second kappa shape index (κ2) is 6.00. The molecule has 3 rings (SSSR count). The molecule has 1 fully saturated rings. The molecule has 2 atom stereocenters. The number of rotatable bonds is 3. The SMILES string of the molecule is COc1cccc2ccc(CN3CCC(C)C(N)C3)nc12. The van der Waals surface area contributed by atoms with E-state index in [-0.39, 0.29) is 6.04 Å². The van der Waals surface area contributed by atoms with Crippen LogP contribution in [-0.4, -0.2) is 36.1 Å². The number of hydrogen-bond donors (Lipinski definition) is 1. The largest absolute Gasteiger partial charge is 0.494 e. The molecule has 1 saturated heterocycles. The molecule has 4 nitrogen and oxygen atoms in total. The van der Waals surface area contributed by atoms with E-state index in [1.165, 1.54) is 0 Å². The van der Waals surface area contributed by atoms with Crippen LogP contribution in [0.15, 0.2) is 30.3 Å². The number of nitrogens with zero attached hydrogens (tertiary/aromatic N) is 2. The molecule has 2 heterocycles. The van der Waals surface area contributed by atoms with Crippen molar-refractivity contribution in [2.24, 2.45) is 11.7 Å². The first-order valence-corrected chi connectivity index (χ1v) is 7.58. The van der Waals surface area contributed by atoms with Crippen molar-refractivity contribution in [2.45, 2.75) is 25.9 Å². The van der Waals surface area contributed by atoms with Gasteiger partial charge in [0, 0.05) is 24.5 Å². The highest BCUT2D eigenvalue weighted by Gasteiger charge is 2.23. The number of piperidine rings is 1. The Morgan fingerprint density at radius 1 is 1.33 bits per heavy atom. The summed E-state index contributed by atoms with van der Waals surface area (Å²) in [7, 11) is 1.69. The number of nitrogens with two attached hydrogens (primary N) is 1. The monoisotopic (exact) mass is 285 g/mol. The Kier molecular flexibility index (Phi) is 4.08. The standard InChI is InChI=1S/C17H23N3O/c1-12-8-9-20(11-15(12)18)10-14-7-6-13-4-3-5-16(21-2)17(13)19-14/h3-7,12,15H,8-11,18H2,1-2H3. The summed E-state index contributed by atoms with van der Waals surface area (Å²) in [4.78, 5) is 7.17. The molecular weight excluding hydrogens is 262 g/mol. The number of para-hydroxylation sites is 1. The van der Waals surface area contributed by atoms with Crippen molar-refractivity contribution in [1.29, 1.82) is 0 Å².